The van der Waals surface area contributed by atoms with Crippen molar-refractivity contribution in [1.82, 2.24) is 4.90 Å². The molecule has 0 heterocycles. The van der Waals surface area contributed by atoms with E-state index < -0.39 is 0 Å². The highest BCUT2D eigenvalue weighted by Crippen LogP contribution is 2.37. The van der Waals surface area contributed by atoms with Crippen LogP contribution in [-0.2, 0) is 6.42 Å². The van der Waals surface area contributed by atoms with Gasteiger partial charge in [-0.2, -0.15) is 11.8 Å². The lowest BCUT2D eigenvalue weighted by molar-refractivity contribution is 0.183. The summed E-state index contributed by atoms with van der Waals surface area (Å²) in [6.45, 7) is 2.29. The summed E-state index contributed by atoms with van der Waals surface area (Å²) in [4.78, 5) is 2.57. The van der Waals surface area contributed by atoms with Gasteiger partial charge in [-0.3, -0.25) is 4.90 Å². The van der Waals surface area contributed by atoms with Crippen molar-refractivity contribution in [3.8, 4) is 0 Å². The first kappa shape index (κ1) is 13.8. The maximum Gasteiger partial charge on any atom is 0.0354 e. The summed E-state index contributed by atoms with van der Waals surface area (Å²) in [5.41, 5.74) is 9.71. The number of hydrogen-bond acceptors (Lipinski definition) is 3. The van der Waals surface area contributed by atoms with Crippen LogP contribution in [0, 0.1) is 0 Å². The number of nitrogens with zero attached hydrogens (tertiary/aromatic N) is 1. The standard InChI is InChI=1S/C15H24N2S/c1-4-13(10-18-3)17(2)15-8-5-11-9-12(16)6-7-14(11)15/h6-7,9,13,15H,4-5,8,10,16H2,1-3H3. The highest BCUT2D eigenvalue weighted by atomic mass is 32.2. The predicted octanol–water partition coefficient (Wildman–Crippen LogP) is 3.33. The van der Waals surface area contributed by atoms with Gasteiger partial charge in [-0.25, -0.2) is 0 Å². The first-order chi connectivity index (χ1) is 8.67. The van der Waals surface area contributed by atoms with Gasteiger partial charge >= 0.3 is 0 Å². The molecule has 0 fully saturated rings. The van der Waals surface area contributed by atoms with E-state index in [0.717, 1.165) is 5.69 Å². The summed E-state index contributed by atoms with van der Waals surface area (Å²) < 4.78 is 0. The van der Waals surface area contributed by atoms with Crippen molar-refractivity contribution in [2.24, 2.45) is 0 Å². The number of thioether (sulfide) groups is 1. The minimum atomic E-state index is 0.581. The van der Waals surface area contributed by atoms with Crippen LogP contribution in [0.25, 0.3) is 0 Å². The number of aryl methyl sites for hydroxylation is 1. The molecule has 1 aromatic rings. The summed E-state index contributed by atoms with van der Waals surface area (Å²) >= 11 is 1.94. The number of nitrogens with two attached hydrogens (primary N) is 1. The third-order valence-corrected chi connectivity index (χ3v) is 4.83. The van der Waals surface area contributed by atoms with Gasteiger partial charge in [0.1, 0.15) is 0 Å². The van der Waals surface area contributed by atoms with E-state index in [1.165, 1.54) is 36.1 Å². The predicted molar refractivity (Wildman–Crippen MR) is 82.1 cm³/mol. The van der Waals surface area contributed by atoms with Crippen LogP contribution >= 0.6 is 11.8 Å². The second-order valence-corrected chi connectivity index (χ2v) is 6.11. The molecule has 2 atom stereocenters. The van der Waals surface area contributed by atoms with Gasteiger partial charge in [0.25, 0.3) is 0 Å². The summed E-state index contributed by atoms with van der Waals surface area (Å²) in [5.74, 6) is 1.22. The number of hydrogen-bond donors (Lipinski definition) is 1. The average molecular weight is 264 g/mol. The highest BCUT2D eigenvalue weighted by Gasteiger charge is 2.29. The van der Waals surface area contributed by atoms with Crippen molar-refractivity contribution in [1.29, 1.82) is 0 Å². The average Bonchev–Trinajstić information content (AvgIpc) is 2.77. The van der Waals surface area contributed by atoms with E-state index in [4.69, 9.17) is 5.73 Å². The zero-order valence-electron chi connectivity index (χ0n) is 11.6. The number of anilines is 1. The maximum atomic E-state index is 5.87. The molecule has 2 unspecified atom stereocenters. The Balaban J connectivity index is 2.17. The number of rotatable bonds is 5. The fourth-order valence-electron chi connectivity index (χ4n) is 3.01. The molecule has 1 aromatic carbocycles. The molecule has 0 saturated heterocycles. The summed E-state index contributed by atoms with van der Waals surface area (Å²) in [7, 11) is 2.28. The Bertz CT molecular complexity index is 405. The molecular formula is C15H24N2S. The van der Waals surface area contributed by atoms with Crippen LogP contribution in [0.2, 0.25) is 0 Å². The van der Waals surface area contributed by atoms with Crippen LogP contribution in [0.5, 0.6) is 0 Å². The fraction of sp³-hybridized carbons (Fsp3) is 0.600. The van der Waals surface area contributed by atoms with Gasteiger partial charge in [0.15, 0.2) is 0 Å². The molecule has 100 valence electrons. The van der Waals surface area contributed by atoms with Crippen molar-refractivity contribution in [3.05, 3.63) is 29.3 Å². The number of nitrogen functional groups attached to an aromatic ring is 1. The molecule has 2 rings (SSSR count). The zero-order valence-corrected chi connectivity index (χ0v) is 12.5. The van der Waals surface area contributed by atoms with Crippen molar-refractivity contribution >= 4 is 17.4 Å². The van der Waals surface area contributed by atoms with E-state index in [-0.39, 0.29) is 0 Å². The Hall–Kier alpha value is -0.670. The summed E-state index contributed by atoms with van der Waals surface area (Å²) in [6.07, 6.45) is 5.82. The smallest absolute Gasteiger partial charge is 0.0354 e. The number of fused-ring (bicyclic) bond motifs is 1. The molecule has 3 heteroatoms. The van der Waals surface area contributed by atoms with Crippen LogP contribution in [-0.4, -0.2) is 30.0 Å². The van der Waals surface area contributed by atoms with Crippen LogP contribution in [0.1, 0.15) is 36.9 Å². The summed E-state index contributed by atoms with van der Waals surface area (Å²) in [6, 6.07) is 7.68. The van der Waals surface area contributed by atoms with Crippen molar-refractivity contribution in [3.63, 3.8) is 0 Å². The Labute approximate surface area is 115 Å². The molecule has 0 aromatic heterocycles. The normalized spacial score (nSPS) is 20.1. The fourth-order valence-corrected chi connectivity index (χ4v) is 3.86. The summed E-state index contributed by atoms with van der Waals surface area (Å²) in [5, 5.41) is 0. The quantitative estimate of drug-likeness (QED) is 0.827. The van der Waals surface area contributed by atoms with Crippen LogP contribution in [0.3, 0.4) is 0 Å². The lowest BCUT2D eigenvalue weighted by Crippen LogP contribution is -2.35. The minimum Gasteiger partial charge on any atom is -0.399 e. The van der Waals surface area contributed by atoms with E-state index in [1.807, 2.05) is 17.8 Å². The maximum absolute atomic E-state index is 5.87. The van der Waals surface area contributed by atoms with E-state index in [9.17, 15) is 0 Å². The van der Waals surface area contributed by atoms with Gasteiger partial charge in [0.05, 0.1) is 0 Å². The van der Waals surface area contributed by atoms with Crippen molar-refractivity contribution < 1.29 is 0 Å². The van der Waals surface area contributed by atoms with Crippen LogP contribution < -0.4 is 5.73 Å². The largest absolute Gasteiger partial charge is 0.399 e. The SMILES string of the molecule is CCC(CSC)N(C)C1CCc2cc(N)ccc21. The number of benzene rings is 1. The molecule has 18 heavy (non-hydrogen) atoms. The topological polar surface area (TPSA) is 29.3 Å². The zero-order chi connectivity index (χ0) is 13.1. The molecule has 1 aliphatic carbocycles. The van der Waals surface area contributed by atoms with Gasteiger partial charge in [-0.1, -0.05) is 13.0 Å². The molecule has 0 spiro atoms. The highest BCUT2D eigenvalue weighted by molar-refractivity contribution is 7.98. The Morgan fingerprint density at radius 2 is 2.28 bits per heavy atom. The monoisotopic (exact) mass is 264 g/mol. The van der Waals surface area contributed by atoms with Gasteiger partial charge in [-0.15, -0.1) is 0 Å². The van der Waals surface area contributed by atoms with Gasteiger partial charge in [-0.05, 0) is 55.8 Å². The van der Waals surface area contributed by atoms with Gasteiger partial charge in [0.2, 0.25) is 0 Å². The molecule has 1 aliphatic rings. The molecule has 0 bridgehead atoms. The Morgan fingerprint density at radius 1 is 1.50 bits per heavy atom. The Kier molecular flexibility index (Phi) is 4.57. The lowest BCUT2D eigenvalue weighted by atomic mass is 10.0. The molecule has 0 saturated carbocycles. The molecule has 0 amide bonds. The van der Waals surface area contributed by atoms with E-state index in [2.05, 4.69) is 37.3 Å². The van der Waals surface area contributed by atoms with Crippen molar-refractivity contribution in [2.75, 3.05) is 24.8 Å². The molecule has 0 radical (unpaired) electrons. The Morgan fingerprint density at radius 3 is 2.94 bits per heavy atom. The third-order valence-electron chi connectivity index (χ3n) is 4.11. The van der Waals surface area contributed by atoms with Gasteiger partial charge < -0.3 is 5.73 Å². The molecule has 0 aliphatic heterocycles. The molecule has 2 nitrogen and oxygen atoms in total. The lowest BCUT2D eigenvalue weighted by Gasteiger charge is -2.32. The first-order valence-electron chi connectivity index (χ1n) is 6.76. The van der Waals surface area contributed by atoms with Crippen LogP contribution in [0.15, 0.2) is 18.2 Å². The third kappa shape index (κ3) is 2.67. The second kappa shape index (κ2) is 5.98. The van der Waals surface area contributed by atoms with Gasteiger partial charge in [0, 0.05) is 23.5 Å². The van der Waals surface area contributed by atoms with E-state index >= 15 is 0 Å². The minimum absolute atomic E-state index is 0.581. The first-order valence-corrected chi connectivity index (χ1v) is 8.16. The van der Waals surface area contributed by atoms with E-state index in [0.29, 0.717) is 12.1 Å². The molecule has 2 N–H and O–H groups in total. The van der Waals surface area contributed by atoms with E-state index in [1.54, 1.807) is 0 Å². The van der Waals surface area contributed by atoms with Crippen LogP contribution in [0.4, 0.5) is 5.69 Å². The molecular weight excluding hydrogens is 240 g/mol. The second-order valence-electron chi connectivity index (χ2n) is 5.20. The van der Waals surface area contributed by atoms with Crippen molar-refractivity contribution in [2.45, 2.75) is 38.3 Å².